The largest absolute Gasteiger partial charge is 0.495 e. The second kappa shape index (κ2) is 10.7. The van der Waals surface area contributed by atoms with E-state index < -0.39 is 10.0 Å². The lowest BCUT2D eigenvalue weighted by molar-refractivity contribution is 0.120. The maximum absolute atomic E-state index is 13.2. The summed E-state index contributed by atoms with van der Waals surface area (Å²) in [5.41, 5.74) is 1.70. The van der Waals surface area contributed by atoms with Crippen molar-refractivity contribution in [3.05, 3.63) is 23.9 Å². The van der Waals surface area contributed by atoms with Gasteiger partial charge in [-0.05, 0) is 75.1 Å². The van der Waals surface area contributed by atoms with Crippen LogP contribution in [0.1, 0.15) is 63.5 Å². The summed E-state index contributed by atoms with van der Waals surface area (Å²) in [6, 6.07) is 5.11. The molecule has 0 unspecified atom stereocenters. The fourth-order valence-corrected chi connectivity index (χ4v) is 7.34. The molecule has 2 aromatic rings. The molecule has 182 valence electrons. The average Bonchev–Trinajstić information content (AvgIpc) is 3.20. The van der Waals surface area contributed by atoms with Crippen LogP contribution in [0.4, 0.5) is 5.13 Å². The molecule has 2 fully saturated rings. The number of aliphatic hydroxyl groups excluding tert-OH is 1. The van der Waals surface area contributed by atoms with E-state index in [1.54, 1.807) is 23.5 Å². The van der Waals surface area contributed by atoms with Crippen LogP contribution in [0.2, 0.25) is 0 Å². The van der Waals surface area contributed by atoms with Crippen molar-refractivity contribution in [1.29, 1.82) is 0 Å². The topological polar surface area (TPSA) is 101 Å². The molecule has 3 N–H and O–H groups in total. The first kappa shape index (κ1) is 24.4. The number of sulfonamides is 1. The van der Waals surface area contributed by atoms with Gasteiger partial charge in [-0.15, -0.1) is 0 Å². The standard InChI is InChI=1S/C24H35N3O4S2/c1-16-23(32-24(26-16)25-15-17-6-4-3-5-7-17)18-8-13-21(31-2)22(14-18)33(29,30)27-19-9-11-20(28)12-10-19/h8,13-14,17,19-20,27-28H,3-7,9-12,15H2,1-2H3,(H,25,26)/t19-,20-. The first-order valence-electron chi connectivity index (χ1n) is 12.0. The molecule has 4 rings (SSSR count). The number of benzene rings is 1. The van der Waals surface area contributed by atoms with Crippen molar-refractivity contribution >= 4 is 26.5 Å². The highest BCUT2D eigenvalue weighted by Gasteiger charge is 2.27. The Morgan fingerprint density at radius 1 is 1.12 bits per heavy atom. The number of anilines is 1. The molecule has 7 nitrogen and oxygen atoms in total. The van der Waals surface area contributed by atoms with Crippen molar-refractivity contribution in [3.63, 3.8) is 0 Å². The van der Waals surface area contributed by atoms with Gasteiger partial charge in [0.05, 0.1) is 23.8 Å². The van der Waals surface area contributed by atoms with Gasteiger partial charge in [-0.1, -0.05) is 30.6 Å². The van der Waals surface area contributed by atoms with Gasteiger partial charge in [0.1, 0.15) is 10.6 Å². The summed E-state index contributed by atoms with van der Waals surface area (Å²) in [5.74, 6) is 1.02. The van der Waals surface area contributed by atoms with Crippen molar-refractivity contribution in [1.82, 2.24) is 9.71 Å². The summed E-state index contributed by atoms with van der Waals surface area (Å²) in [4.78, 5) is 5.79. The Morgan fingerprint density at radius 3 is 2.55 bits per heavy atom. The second-order valence-electron chi connectivity index (χ2n) is 9.31. The predicted octanol–water partition coefficient (Wildman–Crippen LogP) is 4.70. The van der Waals surface area contributed by atoms with Crippen molar-refractivity contribution < 1.29 is 18.3 Å². The first-order chi connectivity index (χ1) is 15.9. The predicted molar refractivity (Wildman–Crippen MR) is 132 cm³/mol. The van der Waals surface area contributed by atoms with Gasteiger partial charge in [-0.3, -0.25) is 0 Å². The summed E-state index contributed by atoms with van der Waals surface area (Å²) < 4.78 is 34.7. The van der Waals surface area contributed by atoms with Gasteiger partial charge >= 0.3 is 0 Å². The molecule has 0 bridgehead atoms. The molecule has 2 saturated carbocycles. The van der Waals surface area contributed by atoms with E-state index in [1.165, 1.54) is 39.2 Å². The highest BCUT2D eigenvalue weighted by Crippen LogP contribution is 2.37. The molecule has 1 heterocycles. The molecule has 2 aliphatic rings. The molecule has 0 saturated heterocycles. The maximum Gasteiger partial charge on any atom is 0.244 e. The summed E-state index contributed by atoms with van der Waals surface area (Å²) >= 11 is 1.56. The minimum atomic E-state index is -3.77. The van der Waals surface area contributed by atoms with Crippen LogP contribution in [-0.4, -0.2) is 44.3 Å². The molecule has 0 amide bonds. The summed E-state index contributed by atoms with van der Waals surface area (Å²) in [5, 5.41) is 14.1. The Labute approximate surface area is 201 Å². The number of rotatable bonds is 8. The van der Waals surface area contributed by atoms with Gasteiger partial charge in [-0.2, -0.15) is 0 Å². The molecule has 2 aliphatic carbocycles. The Hall–Kier alpha value is -1.68. The number of nitrogens with one attached hydrogen (secondary N) is 2. The highest BCUT2D eigenvalue weighted by molar-refractivity contribution is 7.89. The van der Waals surface area contributed by atoms with Crippen LogP contribution in [0.3, 0.4) is 0 Å². The summed E-state index contributed by atoms with van der Waals surface area (Å²) in [7, 11) is -2.29. The van der Waals surface area contributed by atoms with Crippen LogP contribution in [0.25, 0.3) is 10.4 Å². The number of ether oxygens (including phenoxy) is 1. The van der Waals surface area contributed by atoms with E-state index in [0.29, 0.717) is 37.4 Å². The van der Waals surface area contributed by atoms with Crippen LogP contribution in [0, 0.1) is 12.8 Å². The Morgan fingerprint density at radius 2 is 1.85 bits per heavy atom. The molecule has 1 aromatic carbocycles. The smallest absolute Gasteiger partial charge is 0.244 e. The van der Waals surface area contributed by atoms with E-state index in [1.807, 2.05) is 13.0 Å². The lowest BCUT2D eigenvalue weighted by Gasteiger charge is -2.26. The minimum absolute atomic E-state index is 0.137. The van der Waals surface area contributed by atoms with Crippen molar-refractivity contribution in [3.8, 4) is 16.2 Å². The SMILES string of the molecule is COc1ccc(-c2sc(NCC3CCCCC3)nc2C)cc1S(=O)(=O)N[C@H]1CC[C@H](O)CC1. The Kier molecular flexibility index (Phi) is 7.94. The number of thiazole rings is 1. The van der Waals surface area contributed by atoms with Crippen LogP contribution < -0.4 is 14.8 Å². The summed E-state index contributed by atoms with van der Waals surface area (Å²) in [6.45, 7) is 2.90. The van der Waals surface area contributed by atoms with E-state index in [9.17, 15) is 13.5 Å². The minimum Gasteiger partial charge on any atom is -0.495 e. The van der Waals surface area contributed by atoms with Gasteiger partial charge in [0, 0.05) is 12.6 Å². The zero-order chi connectivity index (χ0) is 23.4. The van der Waals surface area contributed by atoms with Gasteiger partial charge in [0.15, 0.2) is 5.13 Å². The number of aromatic nitrogens is 1. The first-order valence-corrected chi connectivity index (χ1v) is 14.3. The van der Waals surface area contributed by atoms with Crippen LogP contribution >= 0.6 is 11.3 Å². The zero-order valence-corrected chi connectivity index (χ0v) is 21.1. The van der Waals surface area contributed by atoms with Crippen LogP contribution in [-0.2, 0) is 10.0 Å². The average molecular weight is 494 g/mol. The third-order valence-electron chi connectivity index (χ3n) is 6.80. The van der Waals surface area contributed by atoms with E-state index in [-0.39, 0.29) is 17.0 Å². The number of hydrogen-bond acceptors (Lipinski definition) is 7. The molecule has 0 aliphatic heterocycles. The monoisotopic (exact) mass is 493 g/mol. The normalized spacial score (nSPS) is 22.3. The van der Waals surface area contributed by atoms with Gasteiger partial charge in [0.2, 0.25) is 10.0 Å². The van der Waals surface area contributed by atoms with Crippen molar-refractivity contribution in [2.45, 2.75) is 81.8 Å². The second-order valence-corrected chi connectivity index (χ2v) is 12.0. The molecule has 9 heteroatoms. The number of aliphatic hydroxyl groups is 1. The van der Waals surface area contributed by atoms with Crippen molar-refractivity contribution in [2.24, 2.45) is 5.92 Å². The third kappa shape index (κ3) is 6.07. The lowest BCUT2D eigenvalue weighted by Crippen LogP contribution is -2.38. The molecular formula is C24H35N3O4S2. The molecule has 0 radical (unpaired) electrons. The molecule has 0 atom stereocenters. The quantitative estimate of drug-likeness (QED) is 0.493. The molecule has 1 aromatic heterocycles. The molecule has 33 heavy (non-hydrogen) atoms. The fraction of sp³-hybridized carbons (Fsp3) is 0.625. The highest BCUT2D eigenvalue weighted by atomic mass is 32.2. The van der Waals surface area contributed by atoms with Crippen LogP contribution in [0.15, 0.2) is 23.1 Å². The maximum atomic E-state index is 13.2. The number of hydrogen-bond donors (Lipinski definition) is 3. The fourth-order valence-electron chi connectivity index (χ4n) is 4.87. The molecule has 0 spiro atoms. The van der Waals surface area contributed by atoms with E-state index in [2.05, 4.69) is 10.0 Å². The van der Waals surface area contributed by atoms with E-state index in [0.717, 1.165) is 27.8 Å². The van der Waals surface area contributed by atoms with Crippen molar-refractivity contribution in [2.75, 3.05) is 19.0 Å². The Balaban J connectivity index is 1.53. The molecular weight excluding hydrogens is 458 g/mol. The van der Waals surface area contributed by atoms with Crippen LogP contribution in [0.5, 0.6) is 5.75 Å². The van der Waals surface area contributed by atoms with E-state index in [4.69, 9.17) is 9.72 Å². The van der Waals surface area contributed by atoms with E-state index >= 15 is 0 Å². The lowest BCUT2D eigenvalue weighted by atomic mass is 9.89. The Bertz CT molecular complexity index is 1040. The number of nitrogens with zero attached hydrogens (tertiary/aromatic N) is 1. The van der Waals surface area contributed by atoms with Gasteiger partial charge in [0.25, 0.3) is 0 Å². The van der Waals surface area contributed by atoms with Gasteiger partial charge < -0.3 is 15.2 Å². The third-order valence-corrected chi connectivity index (χ3v) is 9.50. The zero-order valence-electron chi connectivity index (χ0n) is 19.5. The number of aryl methyl sites for hydroxylation is 1. The summed E-state index contributed by atoms with van der Waals surface area (Å²) in [6.07, 6.45) is 8.67. The van der Waals surface area contributed by atoms with Gasteiger partial charge in [-0.25, -0.2) is 18.1 Å². The number of methoxy groups -OCH3 is 1.